The van der Waals surface area contributed by atoms with E-state index in [0.717, 1.165) is 6.08 Å². The van der Waals surface area contributed by atoms with Crippen LogP contribution in [-0.4, -0.2) is 22.9 Å². The summed E-state index contributed by atoms with van der Waals surface area (Å²) in [5, 5.41) is 8.58. The third-order valence-corrected chi connectivity index (χ3v) is 1.68. The molecule has 13 heavy (non-hydrogen) atoms. The van der Waals surface area contributed by atoms with Gasteiger partial charge < -0.3 is 10.8 Å². The minimum absolute atomic E-state index is 0.0297. The number of carboxylic acids is 1. The van der Waals surface area contributed by atoms with Crippen molar-refractivity contribution in [2.24, 2.45) is 5.73 Å². The molecule has 0 aromatic heterocycles. The van der Waals surface area contributed by atoms with E-state index < -0.39 is 11.9 Å². The third kappa shape index (κ3) is 4.32. The number of aliphatic carboxylic acids is 1. The summed E-state index contributed by atoms with van der Waals surface area (Å²) in [6, 6.07) is 0. The van der Waals surface area contributed by atoms with E-state index >= 15 is 0 Å². The predicted octanol–water partition coefficient (Wildman–Crippen LogP) is 0.668. The summed E-state index contributed by atoms with van der Waals surface area (Å²) in [6.45, 7) is 1.41. The predicted molar refractivity (Wildman–Crippen MR) is 49.4 cm³/mol. The van der Waals surface area contributed by atoms with E-state index in [2.05, 4.69) is 0 Å². The van der Waals surface area contributed by atoms with Gasteiger partial charge in [-0.1, -0.05) is 6.08 Å². The highest BCUT2D eigenvalue weighted by atomic mass is 35.5. The lowest BCUT2D eigenvalue weighted by Gasteiger charge is -1.98. The molecule has 0 aromatic rings. The molecule has 0 unspecified atom stereocenters. The van der Waals surface area contributed by atoms with Crippen molar-refractivity contribution in [1.29, 1.82) is 0 Å². The number of alkyl halides is 1. The molecular weight excluding hydrogens is 194 g/mol. The second-order valence-electron chi connectivity index (χ2n) is 2.32. The number of carboxylic acid groups (broad SMARTS) is 1. The SMILES string of the molecule is CC(C(=O)O)=C(C=CC(N)=O)CCl. The van der Waals surface area contributed by atoms with E-state index in [1.807, 2.05) is 0 Å². The number of nitrogens with two attached hydrogens (primary N) is 1. The number of hydrogen-bond acceptors (Lipinski definition) is 2. The molecule has 0 atom stereocenters. The zero-order valence-electron chi connectivity index (χ0n) is 7.08. The van der Waals surface area contributed by atoms with Gasteiger partial charge in [0.1, 0.15) is 0 Å². The molecule has 0 saturated heterocycles. The van der Waals surface area contributed by atoms with Crippen LogP contribution in [-0.2, 0) is 9.59 Å². The van der Waals surface area contributed by atoms with E-state index in [0.29, 0.717) is 5.57 Å². The number of carbonyl (C=O) groups excluding carboxylic acids is 1. The number of allylic oxidation sites excluding steroid dienone is 2. The van der Waals surface area contributed by atoms with Crippen molar-refractivity contribution in [3.63, 3.8) is 0 Å². The number of carbonyl (C=O) groups is 2. The molecule has 0 radical (unpaired) electrons. The Kier molecular flexibility index (Phi) is 4.84. The zero-order chi connectivity index (χ0) is 10.4. The minimum Gasteiger partial charge on any atom is -0.478 e. The lowest BCUT2D eigenvalue weighted by atomic mass is 10.1. The van der Waals surface area contributed by atoms with Crippen molar-refractivity contribution >= 4 is 23.5 Å². The van der Waals surface area contributed by atoms with E-state index in [4.69, 9.17) is 22.4 Å². The van der Waals surface area contributed by atoms with Gasteiger partial charge in [0.25, 0.3) is 0 Å². The Hall–Kier alpha value is -1.29. The lowest BCUT2D eigenvalue weighted by Crippen LogP contribution is -2.06. The Morgan fingerprint density at radius 1 is 1.46 bits per heavy atom. The summed E-state index contributed by atoms with van der Waals surface area (Å²) in [5.74, 6) is -1.67. The first-order chi connectivity index (χ1) is 5.99. The molecule has 0 fully saturated rings. The highest BCUT2D eigenvalue weighted by Crippen LogP contribution is 2.07. The first-order valence-corrected chi connectivity index (χ1v) is 3.99. The molecule has 0 saturated carbocycles. The quantitative estimate of drug-likeness (QED) is 0.400. The van der Waals surface area contributed by atoms with E-state index in [1.165, 1.54) is 13.0 Å². The highest BCUT2D eigenvalue weighted by molar-refractivity contribution is 6.20. The average Bonchev–Trinajstić information content (AvgIpc) is 2.04. The number of rotatable bonds is 4. The van der Waals surface area contributed by atoms with Gasteiger partial charge in [-0.15, -0.1) is 11.6 Å². The topological polar surface area (TPSA) is 80.4 Å². The maximum absolute atomic E-state index is 10.5. The Morgan fingerprint density at radius 2 is 2.00 bits per heavy atom. The number of halogens is 1. The minimum atomic E-state index is -1.07. The molecule has 0 aromatic carbocycles. The molecule has 5 heteroatoms. The molecule has 0 rings (SSSR count). The maximum atomic E-state index is 10.5. The van der Waals surface area contributed by atoms with E-state index in [9.17, 15) is 9.59 Å². The summed E-state index contributed by atoms with van der Waals surface area (Å²) < 4.78 is 0. The monoisotopic (exact) mass is 203 g/mol. The molecule has 0 aliphatic heterocycles. The van der Waals surface area contributed by atoms with Crippen molar-refractivity contribution in [3.05, 3.63) is 23.3 Å². The standard InChI is InChI=1S/C8H10ClNO3/c1-5(8(12)13)6(4-9)2-3-7(10)11/h2-3H,4H2,1H3,(H2,10,11)(H,12,13). The Bertz CT molecular complexity index is 281. The largest absolute Gasteiger partial charge is 0.478 e. The Balaban J connectivity index is 4.79. The fourth-order valence-corrected chi connectivity index (χ4v) is 0.879. The van der Waals surface area contributed by atoms with E-state index in [1.54, 1.807) is 0 Å². The van der Waals surface area contributed by atoms with Crippen LogP contribution < -0.4 is 5.73 Å². The highest BCUT2D eigenvalue weighted by Gasteiger charge is 2.05. The molecule has 1 amide bonds. The number of primary amides is 1. The normalized spacial score (nSPS) is 12.8. The first kappa shape index (κ1) is 11.7. The van der Waals surface area contributed by atoms with Gasteiger partial charge in [0.05, 0.1) is 0 Å². The van der Waals surface area contributed by atoms with Crippen molar-refractivity contribution in [2.75, 3.05) is 5.88 Å². The van der Waals surface area contributed by atoms with Crippen LogP contribution >= 0.6 is 11.6 Å². The van der Waals surface area contributed by atoms with Crippen LogP contribution in [0.4, 0.5) is 0 Å². The van der Waals surface area contributed by atoms with Crippen LogP contribution in [0.15, 0.2) is 23.3 Å². The van der Waals surface area contributed by atoms with Gasteiger partial charge in [-0.05, 0) is 12.5 Å². The van der Waals surface area contributed by atoms with Gasteiger partial charge in [0.15, 0.2) is 0 Å². The number of hydrogen-bond donors (Lipinski definition) is 2. The van der Waals surface area contributed by atoms with Gasteiger partial charge >= 0.3 is 5.97 Å². The molecule has 3 N–H and O–H groups in total. The van der Waals surface area contributed by atoms with Crippen molar-refractivity contribution < 1.29 is 14.7 Å². The Labute approximate surface area is 80.7 Å². The van der Waals surface area contributed by atoms with Crippen LogP contribution in [0.1, 0.15) is 6.92 Å². The molecule has 4 nitrogen and oxygen atoms in total. The van der Waals surface area contributed by atoms with Gasteiger partial charge in [-0.3, -0.25) is 4.79 Å². The van der Waals surface area contributed by atoms with Gasteiger partial charge in [-0.2, -0.15) is 0 Å². The summed E-state index contributed by atoms with van der Waals surface area (Å²) in [4.78, 5) is 20.8. The van der Waals surface area contributed by atoms with Crippen LogP contribution in [0, 0.1) is 0 Å². The summed E-state index contributed by atoms with van der Waals surface area (Å²) in [5.41, 5.74) is 5.31. The smallest absolute Gasteiger partial charge is 0.331 e. The maximum Gasteiger partial charge on any atom is 0.331 e. The second-order valence-corrected chi connectivity index (χ2v) is 2.59. The fraction of sp³-hybridized carbons (Fsp3) is 0.250. The number of amides is 1. The summed E-state index contributed by atoms with van der Waals surface area (Å²) in [6.07, 6.45) is 2.38. The third-order valence-electron chi connectivity index (χ3n) is 1.40. The average molecular weight is 204 g/mol. The van der Waals surface area contributed by atoms with Crippen LogP contribution in [0.2, 0.25) is 0 Å². The van der Waals surface area contributed by atoms with Crippen molar-refractivity contribution in [1.82, 2.24) is 0 Å². The molecule has 72 valence electrons. The molecule has 0 aliphatic rings. The van der Waals surface area contributed by atoms with Crippen LogP contribution in [0.3, 0.4) is 0 Å². The van der Waals surface area contributed by atoms with Gasteiger partial charge in [0, 0.05) is 17.5 Å². The second kappa shape index (κ2) is 5.37. The van der Waals surface area contributed by atoms with E-state index in [-0.39, 0.29) is 11.5 Å². The fourth-order valence-electron chi connectivity index (χ4n) is 0.590. The van der Waals surface area contributed by atoms with Crippen LogP contribution in [0.25, 0.3) is 0 Å². The molecular formula is C8H10ClNO3. The van der Waals surface area contributed by atoms with Gasteiger partial charge in [0.2, 0.25) is 5.91 Å². The van der Waals surface area contributed by atoms with Crippen molar-refractivity contribution in [2.45, 2.75) is 6.92 Å². The first-order valence-electron chi connectivity index (χ1n) is 3.45. The van der Waals surface area contributed by atoms with Crippen LogP contribution in [0.5, 0.6) is 0 Å². The molecule has 0 aliphatic carbocycles. The summed E-state index contributed by atoms with van der Waals surface area (Å²) in [7, 11) is 0. The summed E-state index contributed by atoms with van der Waals surface area (Å²) >= 11 is 5.47. The molecule has 0 spiro atoms. The molecule has 0 heterocycles. The zero-order valence-corrected chi connectivity index (χ0v) is 7.84. The van der Waals surface area contributed by atoms with Crippen molar-refractivity contribution in [3.8, 4) is 0 Å². The Morgan fingerprint density at radius 3 is 2.31 bits per heavy atom. The lowest BCUT2D eigenvalue weighted by molar-refractivity contribution is -0.132. The van der Waals surface area contributed by atoms with Gasteiger partial charge in [-0.25, -0.2) is 4.79 Å². The molecule has 0 bridgehead atoms.